The minimum absolute atomic E-state index is 0.300. The number of rotatable bonds is 7. The molecule has 0 aliphatic rings. The van der Waals surface area contributed by atoms with E-state index < -0.39 is 24.5 Å². The molecule has 0 fully saturated rings. The smallest absolute Gasteiger partial charge is 0.278 e. The second-order valence-electron chi connectivity index (χ2n) is 5.13. The number of H-pyrrole nitrogens is 1. The zero-order valence-electron chi connectivity index (χ0n) is 12.4. The van der Waals surface area contributed by atoms with Crippen molar-refractivity contribution in [3.8, 4) is 0 Å². The Morgan fingerprint density at radius 3 is 2.65 bits per heavy atom. The lowest BCUT2D eigenvalue weighted by Gasteiger charge is -2.10. The molecule has 0 aliphatic heterocycles. The number of benzene rings is 1. The number of aromatic amines is 1. The molecule has 0 aliphatic carbocycles. The van der Waals surface area contributed by atoms with E-state index in [1.165, 1.54) is 0 Å². The third-order valence-electron chi connectivity index (χ3n) is 3.37. The molecule has 8 nitrogen and oxygen atoms in total. The van der Waals surface area contributed by atoms with E-state index in [-0.39, 0.29) is 12.5 Å². The van der Waals surface area contributed by atoms with Gasteiger partial charge in [0.15, 0.2) is 6.04 Å². The second-order valence-corrected chi connectivity index (χ2v) is 5.13. The SMILES string of the molecule is [NH3+]C(Cc1c[nH]c2ccccc12)C(=O)NCC(=O)NCC(=O)[O-]. The first-order chi connectivity index (χ1) is 11.0. The van der Waals surface area contributed by atoms with Gasteiger partial charge in [0.1, 0.15) is 0 Å². The Balaban J connectivity index is 1.85. The summed E-state index contributed by atoms with van der Waals surface area (Å²) < 4.78 is 0. The summed E-state index contributed by atoms with van der Waals surface area (Å²) in [5.41, 5.74) is 5.76. The maximum atomic E-state index is 12.0. The number of carboxylic acid groups (broad SMARTS) is 1. The van der Waals surface area contributed by atoms with Crippen molar-refractivity contribution in [1.82, 2.24) is 15.6 Å². The van der Waals surface area contributed by atoms with Crippen LogP contribution >= 0.6 is 0 Å². The molecule has 2 amide bonds. The number of amides is 2. The van der Waals surface area contributed by atoms with Crippen molar-refractivity contribution in [2.75, 3.05) is 13.1 Å². The van der Waals surface area contributed by atoms with Crippen molar-refractivity contribution >= 4 is 28.7 Å². The van der Waals surface area contributed by atoms with Gasteiger partial charge in [-0.15, -0.1) is 0 Å². The van der Waals surface area contributed by atoms with Crippen LogP contribution in [0.3, 0.4) is 0 Å². The van der Waals surface area contributed by atoms with Gasteiger partial charge >= 0.3 is 0 Å². The largest absolute Gasteiger partial charge is 0.548 e. The van der Waals surface area contributed by atoms with Gasteiger partial charge in [0.05, 0.1) is 19.1 Å². The number of aliphatic carboxylic acids is 1. The van der Waals surface area contributed by atoms with Crippen molar-refractivity contribution in [3.05, 3.63) is 36.0 Å². The average Bonchev–Trinajstić information content (AvgIpc) is 2.93. The van der Waals surface area contributed by atoms with Crippen LogP contribution in [0.25, 0.3) is 10.9 Å². The number of aromatic nitrogens is 1. The van der Waals surface area contributed by atoms with Crippen LogP contribution in [0.1, 0.15) is 5.56 Å². The molecule has 1 aromatic heterocycles. The first-order valence-corrected chi connectivity index (χ1v) is 7.09. The molecule has 1 unspecified atom stereocenters. The zero-order valence-corrected chi connectivity index (χ0v) is 12.4. The van der Waals surface area contributed by atoms with Crippen LogP contribution in [0.4, 0.5) is 0 Å². The Kier molecular flexibility index (Phi) is 5.32. The number of quaternary nitrogens is 1. The van der Waals surface area contributed by atoms with Crippen molar-refractivity contribution in [1.29, 1.82) is 0 Å². The van der Waals surface area contributed by atoms with Crippen LogP contribution in [-0.2, 0) is 20.8 Å². The molecule has 0 saturated heterocycles. The highest BCUT2D eigenvalue weighted by Crippen LogP contribution is 2.18. The lowest BCUT2D eigenvalue weighted by Crippen LogP contribution is -2.68. The summed E-state index contributed by atoms with van der Waals surface area (Å²) in [6.07, 6.45) is 2.26. The van der Waals surface area contributed by atoms with Gasteiger partial charge in [-0.05, 0) is 11.6 Å². The number of fused-ring (bicyclic) bond motifs is 1. The number of carboxylic acids is 1. The number of carbonyl (C=O) groups is 3. The Bertz CT molecular complexity index is 725. The van der Waals surface area contributed by atoms with Crippen LogP contribution in [0.15, 0.2) is 30.5 Å². The van der Waals surface area contributed by atoms with Gasteiger partial charge < -0.3 is 31.3 Å². The highest BCUT2D eigenvalue weighted by atomic mass is 16.4. The predicted molar refractivity (Wildman–Crippen MR) is 79.7 cm³/mol. The van der Waals surface area contributed by atoms with E-state index in [9.17, 15) is 19.5 Å². The van der Waals surface area contributed by atoms with Crippen LogP contribution in [-0.4, -0.2) is 41.9 Å². The van der Waals surface area contributed by atoms with E-state index in [0.717, 1.165) is 16.5 Å². The molecule has 1 heterocycles. The molecule has 2 rings (SSSR count). The Morgan fingerprint density at radius 2 is 1.91 bits per heavy atom. The Labute approximate surface area is 132 Å². The highest BCUT2D eigenvalue weighted by Gasteiger charge is 2.20. The summed E-state index contributed by atoms with van der Waals surface area (Å²) in [5, 5.41) is 15.8. The van der Waals surface area contributed by atoms with Crippen LogP contribution in [0, 0.1) is 0 Å². The molecule has 8 heteroatoms. The minimum Gasteiger partial charge on any atom is -0.548 e. The molecule has 0 saturated carbocycles. The second kappa shape index (κ2) is 7.41. The van der Waals surface area contributed by atoms with Gasteiger partial charge in [-0.1, -0.05) is 18.2 Å². The van der Waals surface area contributed by atoms with E-state index in [4.69, 9.17) is 0 Å². The third-order valence-corrected chi connectivity index (χ3v) is 3.37. The normalized spacial score (nSPS) is 11.9. The first-order valence-electron chi connectivity index (χ1n) is 7.09. The molecule has 0 radical (unpaired) electrons. The maximum absolute atomic E-state index is 12.0. The lowest BCUT2D eigenvalue weighted by molar-refractivity contribution is -0.403. The summed E-state index contributed by atoms with van der Waals surface area (Å²) in [6.45, 7) is -0.885. The van der Waals surface area contributed by atoms with Crippen LogP contribution in [0.2, 0.25) is 0 Å². The van der Waals surface area contributed by atoms with E-state index in [2.05, 4.69) is 21.4 Å². The molecule has 2 aromatic rings. The highest BCUT2D eigenvalue weighted by molar-refractivity contribution is 5.89. The molecule has 1 atom stereocenters. The molecular weight excluding hydrogens is 300 g/mol. The van der Waals surface area contributed by atoms with Gasteiger partial charge in [-0.25, -0.2) is 0 Å². The molecule has 0 spiro atoms. The molecule has 6 N–H and O–H groups in total. The van der Waals surface area contributed by atoms with E-state index in [1.807, 2.05) is 30.5 Å². The average molecular weight is 318 g/mol. The fourth-order valence-corrected chi connectivity index (χ4v) is 2.20. The third kappa shape index (κ3) is 4.55. The molecule has 0 bridgehead atoms. The molecule has 23 heavy (non-hydrogen) atoms. The van der Waals surface area contributed by atoms with Crippen molar-refractivity contribution in [2.45, 2.75) is 12.5 Å². The van der Waals surface area contributed by atoms with E-state index in [1.54, 1.807) is 0 Å². The molecule has 1 aromatic carbocycles. The summed E-state index contributed by atoms with van der Waals surface area (Å²) in [6, 6.07) is 7.17. The number of carbonyl (C=O) groups excluding carboxylic acids is 3. The number of hydrogen-bond acceptors (Lipinski definition) is 4. The topological polar surface area (TPSA) is 142 Å². The monoisotopic (exact) mass is 318 g/mol. The van der Waals surface area contributed by atoms with Gasteiger partial charge in [0, 0.05) is 23.5 Å². The first kappa shape index (κ1) is 16.5. The quantitative estimate of drug-likeness (QED) is 0.441. The predicted octanol–water partition coefficient (Wildman–Crippen LogP) is -2.70. The summed E-state index contributed by atoms with van der Waals surface area (Å²) in [4.78, 5) is 36.6. The summed E-state index contributed by atoms with van der Waals surface area (Å²) in [5.74, 6) is -2.36. The van der Waals surface area contributed by atoms with Gasteiger partial charge in [0.2, 0.25) is 5.91 Å². The fourth-order valence-electron chi connectivity index (χ4n) is 2.20. The maximum Gasteiger partial charge on any atom is 0.278 e. The van der Waals surface area contributed by atoms with Crippen molar-refractivity contribution in [3.63, 3.8) is 0 Å². The van der Waals surface area contributed by atoms with Gasteiger partial charge in [0.25, 0.3) is 5.91 Å². The van der Waals surface area contributed by atoms with Crippen LogP contribution in [0.5, 0.6) is 0 Å². The Hall–Kier alpha value is -2.87. The minimum atomic E-state index is -1.39. The van der Waals surface area contributed by atoms with Gasteiger partial charge in [-0.3, -0.25) is 9.59 Å². The van der Waals surface area contributed by atoms with E-state index >= 15 is 0 Å². The Morgan fingerprint density at radius 1 is 1.17 bits per heavy atom. The number of hydrogen-bond donors (Lipinski definition) is 4. The standard InChI is InChI=1S/C15H18N4O4/c16-11(15(23)19-7-13(20)18-8-14(21)22)5-9-6-17-12-4-2-1-3-10(9)12/h1-4,6,11,17H,5,7-8,16H2,(H,18,20)(H,19,23)(H,21,22). The van der Waals surface area contributed by atoms with Crippen LogP contribution < -0.4 is 21.5 Å². The van der Waals surface area contributed by atoms with Crippen molar-refractivity contribution < 1.29 is 25.2 Å². The lowest BCUT2D eigenvalue weighted by atomic mass is 10.1. The molecule has 122 valence electrons. The molecular formula is C15H18N4O4. The number of para-hydroxylation sites is 1. The fraction of sp³-hybridized carbons (Fsp3) is 0.267. The van der Waals surface area contributed by atoms with E-state index in [0.29, 0.717) is 6.42 Å². The summed E-state index contributed by atoms with van der Waals surface area (Å²) >= 11 is 0. The summed E-state index contributed by atoms with van der Waals surface area (Å²) in [7, 11) is 0. The number of nitrogens with one attached hydrogen (secondary N) is 3. The van der Waals surface area contributed by atoms with Crippen molar-refractivity contribution in [2.24, 2.45) is 0 Å². The zero-order chi connectivity index (χ0) is 16.8. The van der Waals surface area contributed by atoms with Gasteiger partial charge in [-0.2, -0.15) is 0 Å².